The van der Waals surface area contributed by atoms with Crippen LogP contribution in [-0.4, -0.2) is 50.3 Å². The van der Waals surface area contributed by atoms with E-state index in [9.17, 15) is 8.78 Å². The van der Waals surface area contributed by atoms with Crippen LogP contribution in [0.5, 0.6) is 5.75 Å². The number of hydrogen-bond acceptors (Lipinski definition) is 5. The number of para-hydroxylation sites is 2. The number of nitrogens with one attached hydrogen (secondary N) is 2. The number of alkyl halides is 2. The lowest BCUT2D eigenvalue weighted by Crippen LogP contribution is -2.45. The third-order valence-corrected chi connectivity index (χ3v) is 5.34. The third kappa shape index (κ3) is 5.54. The summed E-state index contributed by atoms with van der Waals surface area (Å²) in [5.74, 6) is 0.940. The molecule has 0 radical (unpaired) electrons. The summed E-state index contributed by atoms with van der Waals surface area (Å²) < 4.78 is 29.9. The molecule has 1 atom stereocenters. The van der Waals surface area contributed by atoms with Crippen LogP contribution >= 0.6 is 11.3 Å². The smallest absolute Gasteiger partial charge is 0.387 e. The molecule has 1 aliphatic heterocycles. The Balaban J connectivity index is 1.50. The molecule has 0 aliphatic carbocycles. The molecule has 2 aromatic rings. The van der Waals surface area contributed by atoms with Crippen molar-refractivity contribution in [2.45, 2.75) is 32.4 Å². The van der Waals surface area contributed by atoms with Crippen molar-refractivity contribution in [1.29, 1.82) is 0 Å². The largest absolute Gasteiger partial charge is 0.433 e. The summed E-state index contributed by atoms with van der Waals surface area (Å²) in [5, 5.41) is 9.85. The molecule has 152 valence electrons. The second kappa shape index (κ2) is 9.68. The Labute approximate surface area is 167 Å². The average Bonchev–Trinajstić information content (AvgIpc) is 3.30. The van der Waals surface area contributed by atoms with E-state index in [0.29, 0.717) is 12.2 Å². The van der Waals surface area contributed by atoms with Crippen LogP contribution in [-0.2, 0) is 6.42 Å². The van der Waals surface area contributed by atoms with Gasteiger partial charge in [-0.05, 0) is 25.5 Å². The van der Waals surface area contributed by atoms with Gasteiger partial charge >= 0.3 is 6.61 Å². The highest BCUT2D eigenvalue weighted by Gasteiger charge is 2.26. The molecule has 28 heavy (non-hydrogen) atoms. The fourth-order valence-corrected chi connectivity index (χ4v) is 3.88. The van der Waals surface area contributed by atoms with Crippen LogP contribution in [0.15, 0.2) is 34.6 Å². The minimum Gasteiger partial charge on any atom is -0.433 e. The van der Waals surface area contributed by atoms with Crippen molar-refractivity contribution >= 4 is 23.0 Å². The van der Waals surface area contributed by atoms with Crippen LogP contribution in [0.4, 0.5) is 14.5 Å². The lowest BCUT2D eigenvalue weighted by Gasteiger charge is -2.22. The maximum Gasteiger partial charge on any atom is 0.387 e. The molecule has 2 N–H and O–H groups in total. The van der Waals surface area contributed by atoms with E-state index in [1.807, 2.05) is 19.1 Å². The summed E-state index contributed by atoms with van der Waals surface area (Å²) >= 11 is 1.65. The number of nitrogens with zero attached hydrogens (tertiary/aromatic N) is 3. The molecule has 1 unspecified atom stereocenters. The molecule has 0 bridgehead atoms. The molecule has 2 heterocycles. The molecule has 0 saturated carbocycles. The molecule has 0 spiro atoms. The van der Waals surface area contributed by atoms with Crippen molar-refractivity contribution in [3.05, 3.63) is 40.3 Å². The van der Waals surface area contributed by atoms with Crippen LogP contribution in [0.25, 0.3) is 0 Å². The fourth-order valence-electron chi connectivity index (χ4n) is 3.23. The van der Waals surface area contributed by atoms with Crippen molar-refractivity contribution in [1.82, 2.24) is 15.6 Å². The van der Waals surface area contributed by atoms with E-state index < -0.39 is 6.61 Å². The highest BCUT2D eigenvalue weighted by Crippen LogP contribution is 2.31. The summed E-state index contributed by atoms with van der Waals surface area (Å²) in [6.07, 6.45) is 1.72. The van der Waals surface area contributed by atoms with E-state index >= 15 is 0 Å². The van der Waals surface area contributed by atoms with Crippen LogP contribution in [0, 0.1) is 6.92 Å². The van der Waals surface area contributed by atoms with Gasteiger partial charge in [0.05, 0.1) is 16.4 Å². The summed E-state index contributed by atoms with van der Waals surface area (Å²) in [6.45, 7) is 1.36. The van der Waals surface area contributed by atoms with Gasteiger partial charge in [-0.15, -0.1) is 11.3 Å². The minimum atomic E-state index is -2.83. The van der Waals surface area contributed by atoms with E-state index in [2.05, 4.69) is 35.6 Å². The van der Waals surface area contributed by atoms with Crippen molar-refractivity contribution < 1.29 is 13.5 Å². The Hall–Kier alpha value is -2.42. The quantitative estimate of drug-likeness (QED) is 0.544. The lowest BCUT2D eigenvalue weighted by atomic mass is 10.2. The molecule has 6 nitrogen and oxygen atoms in total. The molecule has 0 amide bonds. The van der Waals surface area contributed by atoms with E-state index in [1.54, 1.807) is 30.5 Å². The Kier molecular flexibility index (Phi) is 7.02. The number of rotatable bonds is 7. The normalized spacial score (nSPS) is 17.2. The fraction of sp³-hybridized carbons (Fsp3) is 0.474. The van der Waals surface area contributed by atoms with E-state index in [1.165, 1.54) is 0 Å². The number of aryl methyl sites for hydroxylation is 1. The number of guanidine groups is 1. The van der Waals surface area contributed by atoms with Gasteiger partial charge in [-0.3, -0.25) is 4.99 Å². The van der Waals surface area contributed by atoms with Crippen LogP contribution in [0.3, 0.4) is 0 Å². The zero-order valence-corrected chi connectivity index (χ0v) is 16.8. The monoisotopic (exact) mass is 409 g/mol. The molecule has 3 rings (SSSR count). The number of hydrogen-bond donors (Lipinski definition) is 2. The van der Waals surface area contributed by atoms with Gasteiger partial charge in [-0.1, -0.05) is 12.1 Å². The summed E-state index contributed by atoms with van der Waals surface area (Å²) in [5.41, 5.74) is 1.77. The van der Waals surface area contributed by atoms with E-state index in [4.69, 9.17) is 0 Å². The van der Waals surface area contributed by atoms with Crippen LogP contribution in [0.1, 0.15) is 17.1 Å². The Morgan fingerprint density at radius 3 is 2.96 bits per heavy atom. The number of aromatic nitrogens is 1. The van der Waals surface area contributed by atoms with Crippen molar-refractivity contribution in [2.24, 2.45) is 4.99 Å². The van der Waals surface area contributed by atoms with Gasteiger partial charge in [-0.2, -0.15) is 8.78 Å². The van der Waals surface area contributed by atoms with Crippen LogP contribution < -0.4 is 20.3 Å². The standard InChI is InChI=1S/C19H25F2N5OS/c1-13-24-15(12-28-13)7-9-23-19(22-2)25-14-8-10-26(11-14)16-5-3-4-6-17(16)27-18(20)21/h3-6,12,14,18H,7-11H2,1-2H3,(H2,22,23,25). The lowest BCUT2D eigenvalue weighted by molar-refractivity contribution is -0.0495. The first-order valence-electron chi connectivity index (χ1n) is 9.22. The van der Waals surface area contributed by atoms with Gasteiger partial charge in [0.15, 0.2) is 5.96 Å². The van der Waals surface area contributed by atoms with E-state index in [0.717, 1.165) is 42.6 Å². The van der Waals surface area contributed by atoms with Gasteiger partial charge in [-0.25, -0.2) is 4.98 Å². The highest BCUT2D eigenvalue weighted by atomic mass is 32.1. The summed E-state index contributed by atoms with van der Waals surface area (Å²) in [7, 11) is 1.74. The molecule has 1 aromatic heterocycles. The summed E-state index contributed by atoms with van der Waals surface area (Å²) in [6, 6.07) is 7.08. The maximum atomic E-state index is 12.6. The molecule has 1 fully saturated rings. The molecule has 1 aliphatic rings. The Bertz CT molecular complexity index is 798. The number of ether oxygens (including phenoxy) is 1. The molecule has 9 heteroatoms. The molecule has 1 saturated heterocycles. The predicted molar refractivity (Wildman–Crippen MR) is 109 cm³/mol. The first kappa shape index (κ1) is 20.3. The van der Waals surface area contributed by atoms with Crippen LogP contribution in [0.2, 0.25) is 0 Å². The first-order valence-corrected chi connectivity index (χ1v) is 10.1. The second-order valence-corrected chi connectivity index (χ2v) is 7.59. The first-order chi connectivity index (χ1) is 13.5. The zero-order chi connectivity index (χ0) is 19.9. The second-order valence-electron chi connectivity index (χ2n) is 6.53. The predicted octanol–water partition coefficient (Wildman–Crippen LogP) is 3.04. The van der Waals surface area contributed by atoms with Crippen molar-refractivity contribution in [3.8, 4) is 5.75 Å². The number of thiazole rings is 1. The topological polar surface area (TPSA) is 61.8 Å². The van der Waals surface area contributed by atoms with Crippen molar-refractivity contribution in [2.75, 3.05) is 31.6 Å². The SMILES string of the molecule is CN=C(NCCc1csc(C)n1)NC1CCN(c2ccccc2OC(F)F)C1. The minimum absolute atomic E-state index is 0.173. The average molecular weight is 410 g/mol. The van der Waals surface area contributed by atoms with Gasteiger partial charge in [0, 0.05) is 44.5 Å². The molecule has 1 aromatic carbocycles. The van der Waals surface area contributed by atoms with Gasteiger partial charge in [0.2, 0.25) is 0 Å². The number of anilines is 1. The highest BCUT2D eigenvalue weighted by molar-refractivity contribution is 7.09. The number of benzene rings is 1. The zero-order valence-electron chi connectivity index (χ0n) is 16.0. The summed E-state index contributed by atoms with van der Waals surface area (Å²) in [4.78, 5) is 10.8. The molecular formula is C19H25F2N5OS. The third-order valence-electron chi connectivity index (χ3n) is 4.51. The van der Waals surface area contributed by atoms with Gasteiger partial charge in [0.1, 0.15) is 5.75 Å². The Morgan fingerprint density at radius 2 is 2.25 bits per heavy atom. The van der Waals surface area contributed by atoms with Gasteiger partial charge < -0.3 is 20.3 Å². The number of aliphatic imine (C=N–C) groups is 1. The van der Waals surface area contributed by atoms with Gasteiger partial charge in [0.25, 0.3) is 0 Å². The van der Waals surface area contributed by atoms with Crippen molar-refractivity contribution in [3.63, 3.8) is 0 Å². The van der Waals surface area contributed by atoms with E-state index in [-0.39, 0.29) is 11.8 Å². The maximum absolute atomic E-state index is 12.6. The number of halogens is 2. The Morgan fingerprint density at radius 1 is 1.43 bits per heavy atom. The molecular weight excluding hydrogens is 384 g/mol.